The van der Waals surface area contributed by atoms with Crippen LogP contribution >= 0.6 is 0 Å². The molecule has 3 aromatic rings. The Balaban J connectivity index is 1.77. The molecule has 4 rings (SSSR count). The van der Waals surface area contributed by atoms with Gasteiger partial charge in [-0.2, -0.15) is 0 Å². The number of rotatable bonds is 7. The standard InChI is InChI=1S/C30H34O6/c1-18(2)22-15-14-19(3)16-26(22)35-30(33)36-28-23-12-8-9-13-25(23)34-29(32)27(28)24(17-20(4)31)21-10-6-5-7-11-21/h5-13,18-19,22,24,26H,14-17H2,1-4H3. The van der Waals surface area contributed by atoms with Crippen molar-refractivity contribution in [2.45, 2.75) is 65.4 Å². The van der Waals surface area contributed by atoms with Crippen LogP contribution in [0.4, 0.5) is 4.79 Å². The van der Waals surface area contributed by atoms with Gasteiger partial charge in [-0.1, -0.05) is 69.7 Å². The lowest BCUT2D eigenvalue weighted by molar-refractivity contribution is -0.117. The van der Waals surface area contributed by atoms with Gasteiger partial charge in [-0.15, -0.1) is 0 Å². The van der Waals surface area contributed by atoms with Gasteiger partial charge in [0.05, 0.1) is 10.9 Å². The number of para-hydroxylation sites is 1. The van der Waals surface area contributed by atoms with Crippen LogP contribution < -0.4 is 10.4 Å². The maximum atomic E-state index is 13.3. The van der Waals surface area contributed by atoms with Gasteiger partial charge in [0.15, 0.2) is 5.75 Å². The fraction of sp³-hybridized carbons (Fsp3) is 0.433. The van der Waals surface area contributed by atoms with Crippen LogP contribution in [0.5, 0.6) is 5.75 Å². The zero-order chi connectivity index (χ0) is 25.8. The summed E-state index contributed by atoms with van der Waals surface area (Å²) in [7, 11) is 0. The van der Waals surface area contributed by atoms with E-state index < -0.39 is 17.7 Å². The predicted molar refractivity (Wildman–Crippen MR) is 138 cm³/mol. The molecule has 190 valence electrons. The minimum absolute atomic E-state index is 0.0636. The van der Waals surface area contributed by atoms with Crippen LogP contribution in [0.25, 0.3) is 11.0 Å². The van der Waals surface area contributed by atoms with Crippen LogP contribution in [0, 0.1) is 17.8 Å². The van der Waals surface area contributed by atoms with E-state index in [0.717, 1.165) is 24.8 Å². The number of ether oxygens (including phenoxy) is 2. The zero-order valence-corrected chi connectivity index (χ0v) is 21.4. The molecule has 36 heavy (non-hydrogen) atoms. The van der Waals surface area contributed by atoms with E-state index in [0.29, 0.717) is 22.8 Å². The molecule has 1 aliphatic carbocycles. The van der Waals surface area contributed by atoms with Crippen molar-refractivity contribution in [2.24, 2.45) is 17.8 Å². The van der Waals surface area contributed by atoms with E-state index >= 15 is 0 Å². The van der Waals surface area contributed by atoms with E-state index in [-0.39, 0.29) is 35.5 Å². The Morgan fingerprint density at radius 1 is 1.03 bits per heavy atom. The second-order valence-electron chi connectivity index (χ2n) is 10.3. The summed E-state index contributed by atoms with van der Waals surface area (Å²) in [6, 6.07) is 16.2. The summed E-state index contributed by atoms with van der Waals surface area (Å²) in [4.78, 5) is 38.7. The first-order valence-electron chi connectivity index (χ1n) is 12.7. The summed E-state index contributed by atoms with van der Waals surface area (Å²) in [6.07, 6.45) is 1.85. The summed E-state index contributed by atoms with van der Waals surface area (Å²) in [5.74, 6) is 0.434. The Kier molecular flexibility index (Phi) is 7.92. The van der Waals surface area contributed by atoms with Crippen LogP contribution in [0.1, 0.15) is 70.4 Å². The molecule has 0 N–H and O–H groups in total. The molecule has 1 aromatic heterocycles. The second kappa shape index (κ2) is 11.1. The zero-order valence-electron chi connectivity index (χ0n) is 21.4. The van der Waals surface area contributed by atoms with Crippen molar-refractivity contribution in [3.63, 3.8) is 0 Å². The molecule has 0 radical (unpaired) electrons. The molecular formula is C30H34O6. The van der Waals surface area contributed by atoms with Gasteiger partial charge in [-0.3, -0.25) is 4.79 Å². The highest BCUT2D eigenvalue weighted by atomic mass is 16.7. The normalized spacial score (nSPS) is 20.8. The van der Waals surface area contributed by atoms with E-state index in [1.165, 1.54) is 6.92 Å². The molecule has 1 aliphatic rings. The largest absolute Gasteiger partial charge is 0.514 e. The van der Waals surface area contributed by atoms with Gasteiger partial charge in [-0.25, -0.2) is 9.59 Å². The Bertz CT molecular complexity index is 1280. The summed E-state index contributed by atoms with van der Waals surface area (Å²) in [6.45, 7) is 7.92. The van der Waals surface area contributed by atoms with E-state index in [1.807, 2.05) is 30.3 Å². The number of hydrogen-bond acceptors (Lipinski definition) is 6. The SMILES string of the molecule is CC(=O)CC(c1ccccc1)c1c(OC(=O)OC2CC(C)CCC2C(C)C)c2ccccc2oc1=O. The third kappa shape index (κ3) is 5.69. The molecule has 0 spiro atoms. The number of hydrogen-bond donors (Lipinski definition) is 0. The number of fused-ring (bicyclic) bond motifs is 1. The van der Waals surface area contributed by atoms with Crippen LogP contribution in [-0.2, 0) is 9.53 Å². The fourth-order valence-corrected chi connectivity index (χ4v) is 5.39. The molecule has 0 amide bonds. The van der Waals surface area contributed by atoms with Gasteiger partial charge in [0.1, 0.15) is 17.5 Å². The van der Waals surface area contributed by atoms with Crippen LogP contribution in [0.3, 0.4) is 0 Å². The van der Waals surface area contributed by atoms with Gasteiger partial charge in [0.25, 0.3) is 0 Å². The Hall–Kier alpha value is -3.41. The van der Waals surface area contributed by atoms with Crippen molar-refractivity contribution in [2.75, 3.05) is 0 Å². The molecule has 0 saturated heterocycles. The highest BCUT2D eigenvalue weighted by Crippen LogP contribution is 2.39. The minimum atomic E-state index is -0.841. The average molecular weight is 491 g/mol. The van der Waals surface area contributed by atoms with Crippen molar-refractivity contribution in [1.29, 1.82) is 0 Å². The second-order valence-corrected chi connectivity index (χ2v) is 10.3. The highest BCUT2D eigenvalue weighted by Gasteiger charge is 2.35. The first kappa shape index (κ1) is 25.7. The molecule has 6 nitrogen and oxygen atoms in total. The van der Waals surface area contributed by atoms with E-state index in [4.69, 9.17) is 13.9 Å². The summed E-state index contributed by atoms with van der Waals surface area (Å²) < 4.78 is 17.4. The van der Waals surface area contributed by atoms with Gasteiger partial charge in [0.2, 0.25) is 0 Å². The van der Waals surface area contributed by atoms with Crippen LogP contribution in [-0.4, -0.2) is 18.0 Å². The average Bonchev–Trinajstić information content (AvgIpc) is 2.83. The summed E-state index contributed by atoms with van der Waals surface area (Å²) in [5, 5.41) is 0.478. The molecule has 4 unspecified atom stereocenters. The highest BCUT2D eigenvalue weighted by molar-refractivity contribution is 5.87. The fourth-order valence-electron chi connectivity index (χ4n) is 5.39. The van der Waals surface area contributed by atoms with Crippen molar-refractivity contribution < 1.29 is 23.5 Å². The maximum absolute atomic E-state index is 13.3. The molecule has 1 saturated carbocycles. The van der Waals surface area contributed by atoms with Crippen molar-refractivity contribution in [1.82, 2.24) is 0 Å². The quantitative estimate of drug-likeness (QED) is 0.265. The Labute approximate surface area is 211 Å². The Morgan fingerprint density at radius 2 is 1.72 bits per heavy atom. The smallest absolute Gasteiger partial charge is 0.430 e. The number of benzene rings is 2. The lowest BCUT2D eigenvalue weighted by Gasteiger charge is -2.36. The van der Waals surface area contributed by atoms with Gasteiger partial charge in [0, 0.05) is 12.3 Å². The number of Topliss-reactive ketones (excluding diaryl/α,β-unsaturated/α-hetero) is 1. The number of ketones is 1. The summed E-state index contributed by atoms with van der Waals surface area (Å²) >= 11 is 0. The number of carbonyl (C=O) groups excluding carboxylic acids is 2. The third-order valence-electron chi connectivity index (χ3n) is 7.24. The van der Waals surface area contributed by atoms with Gasteiger partial charge < -0.3 is 13.9 Å². The van der Waals surface area contributed by atoms with E-state index in [1.54, 1.807) is 24.3 Å². The van der Waals surface area contributed by atoms with Crippen LogP contribution in [0.15, 0.2) is 63.8 Å². The van der Waals surface area contributed by atoms with Gasteiger partial charge in [-0.05, 0) is 55.2 Å². The summed E-state index contributed by atoms with van der Waals surface area (Å²) in [5.41, 5.74) is 0.562. The Morgan fingerprint density at radius 3 is 2.42 bits per heavy atom. The molecule has 2 aromatic carbocycles. The molecular weight excluding hydrogens is 456 g/mol. The van der Waals surface area contributed by atoms with Crippen molar-refractivity contribution >= 4 is 22.9 Å². The van der Waals surface area contributed by atoms with E-state index in [2.05, 4.69) is 20.8 Å². The number of carbonyl (C=O) groups is 2. The minimum Gasteiger partial charge on any atom is -0.430 e. The van der Waals surface area contributed by atoms with Crippen LogP contribution in [0.2, 0.25) is 0 Å². The lowest BCUT2D eigenvalue weighted by Crippen LogP contribution is -2.36. The van der Waals surface area contributed by atoms with E-state index in [9.17, 15) is 14.4 Å². The topological polar surface area (TPSA) is 82.8 Å². The lowest BCUT2D eigenvalue weighted by atomic mass is 9.75. The molecule has 6 heteroatoms. The maximum Gasteiger partial charge on any atom is 0.514 e. The molecule has 1 heterocycles. The first-order valence-corrected chi connectivity index (χ1v) is 12.7. The first-order chi connectivity index (χ1) is 17.2. The van der Waals surface area contributed by atoms with Crippen molar-refractivity contribution in [3.05, 3.63) is 76.1 Å². The molecule has 0 bridgehead atoms. The third-order valence-corrected chi connectivity index (χ3v) is 7.24. The monoisotopic (exact) mass is 490 g/mol. The molecule has 0 aliphatic heterocycles. The molecule has 4 atom stereocenters. The van der Waals surface area contributed by atoms with Crippen molar-refractivity contribution in [3.8, 4) is 5.75 Å². The predicted octanol–water partition coefficient (Wildman–Crippen LogP) is 6.88. The molecule has 1 fully saturated rings. The van der Waals surface area contributed by atoms with Gasteiger partial charge >= 0.3 is 11.8 Å².